The minimum Gasteiger partial charge on any atom is -0.388 e. The van der Waals surface area contributed by atoms with Crippen LogP contribution in [0.1, 0.15) is 30.9 Å². The summed E-state index contributed by atoms with van der Waals surface area (Å²) in [7, 11) is 0. The van der Waals surface area contributed by atoms with E-state index in [1.165, 1.54) is 0 Å². The molecule has 0 bridgehead atoms. The standard InChI is InChI=1S/C12H13BrO/c1-2-3-4-8-12(14)10-6-5-7-11(13)9-10/h1,5-7,9,12,14H,3-4,8H2. The zero-order valence-corrected chi connectivity index (χ0v) is 9.50. The molecule has 1 aromatic rings. The first kappa shape index (κ1) is 11.3. The maximum atomic E-state index is 9.78. The molecule has 1 N–H and O–H groups in total. The van der Waals surface area contributed by atoms with Crippen molar-refractivity contribution in [1.29, 1.82) is 0 Å². The van der Waals surface area contributed by atoms with E-state index in [1.807, 2.05) is 24.3 Å². The van der Waals surface area contributed by atoms with Gasteiger partial charge in [0.05, 0.1) is 6.10 Å². The van der Waals surface area contributed by atoms with E-state index in [0.717, 1.165) is 29.3 Å². The molecule has 0 saturated heterocycles. The summed E-state index contributed by atoms with van der Waals surface area (Å²) in [4.78, 5) is 0. The van der Waals surface area contributed by atoms with Crippen molar-refractivity contribution in [2.75, 3.05) is 0 Å². The quantitative estimate of drug-likeness (QED) is 0.644. The second-order valence-electron chi connectivity index (χ2n) is 3.17. The van der Waals surface area contributed by atoms with Crippen LogP contribution >= 0.6 is 15.9 Å². The molecule has 0 aliphatic carbocycles. The van der Waals surface area contributed by atoms with E-state index in [2.05, 4.69) is 21.9 Å². The Balaban J connectivity index is 2.52. The molecule has 0 radical (unpaired) electrons. The predicted octanol–water partition coefficient (Wildman–Crippen LogP) is 3.29. The molecule has 0 amide bonds. The van der Waals surface area contributed by atoms with E-state index in [-0.39, 0.29) is 0 Å². The number of aliphatic hydroxyl groups excluding tert-OH is 1. The first-order chi connectivity index (χ1) is 6.74. The van der Waals surface area contributed by atoms with Gasteiger partial charge in [-0.3, -0.25) is 0 Å². The average molecular weight is 253 g/mol. The molecule has 14 heavy (non-hydrogen) atoms. The second-order valence-corrected chi connectivity index (χ2v) is 4.08. The molecule has 1 nitrogen and oxygen atoms in total. The van der Waals surface area contributed by atoms with Crippen molar-refractivity contribution in [1.82, 2.24) is 0 Å². The third kappa shape index (κ3) is 3.53. The largest absolute Gasteiger partial charge is 0.388 e. The third-order valence-corrected chi connectivity index (χ3v) is 2.53. The van der Waals surface area contributed by atoms with Crippen molar-refractivity contribution in [2.45, 2.75) is 25.4 Å². The number of halogens is 1. The summed E-state index contributed by atoms with van der Waals surface area (Å²) in [6.07, 6.45) is 7.05. The Kier molecular flexibility index (Phi) is 4.72. The number of benzene rings is 1. The van der Waals surface area contributed by atoms with Crippen LogP contribution in [0.5, 0.6) is 0 Å². The Morgan fingerprint density at radius 2 is 2.29 bits per heavy atom. The molecule has 1 aromatic carbocycles. The fourth-order valence-corrected chi connectivity index (χ4v) is 1.69. The lowest BCUT2D eigenvalue weighted by molar-refractivity contribution is 0.165. The van der Waals surface area contributed by atoms with Crippen LogP contribution < -0.4 is 0 Å². The van der Waals surface area contributed by atoms with Crippen LogP contribution in [0.4, 0.5) is 0 Å². The van der Waals surface area contributed by atoms with Crippen LogP contribution in [0.15, 0.2) is 28.7 Å². The zero-order chi connectivity index (χ0) is 10.4. The average Bonchev–Trinajstić information content (AvgIpc) is 2.18. The molecule has 74 valence electrons. The highest BCUT2D eigenvalue weighted by molar-refractivity contribution is 9.10. The van der Waals surface area contributed by atoms with Gasteiger partial charge in [-0.15, -0.1) is 12.3 Å². The predicted molar refractivity (Wildman–Crippen MR) is 61.8 cm³/mol. The van der Waals surface area contributed by atoms with Gasteiger partial charge in [0.2, 0.25) is 0 Å². The number of terminal acetylenes is 1. The van der Waals surface area contributed by atoms with Gasteiger partial charge >= 0.3 is 0 Å². The second kappa shape index (κ2) is 5.85. The van der Waals surface area contributed by atoms with Crippen LogP contribution in [0, 0.1) is 12.3 Å². The summed E-state index contributed by atoms with van der Waals surface area (Å²) >= 11 is 3.37. The Morgan fingerprint density at radius 1 is 1.50 bits per heavy atom. The molecule has 0 heterocycles. The molecule has 0 spiro atoms. The Labute approximate surface area is 93.3 Å². The summed E-state index contributed by atoms with van der Waals surface area (Å²) in [6.45, 7) is 0. The molecule has 1 unspecified atom stereocenters. The maximum absolute atomic E-state index is 9.78. The number of unbranched alkanes of at least 4 members (excludes halogenated alkanes) is 1. The van der Waals surface area contributed by atoms with E-state index in [9.17, 15) is 5.11 Å². The molecule has 0 saturated carbocycles. The smallest absolute Gasteiger partial charge is 0.0790 e. The van der Waals surface area contributed by atoms with E-state index >= 15 is 0 Å². The lowest BCUT2D eigenvalue weighted by atomic mass is 10.0. The van der Waals surface area contributed by atoms with Crippen LogP contribution in [0.2, 0.25) is 0 Å². The van der Waals surface area contributed by atoms with E-state index in [0.29, 0.717) is 0 Å². The molecule has 0 aromatic heterocycles. The molecular weight excluding hydrogens is 240 g/mol. The van der Waals surface area contributed by atoms with E-state index in [1.54, 1.807) is 0 Å². The fourth-order valence-electron chi connectivity index (χ4n) is 1.28. The summed E-state index contributed by atoms with van der Waals surface area (Å²) in [6, 6.07) is 7.72. The highest BCUT2D eigenvalue weighted by atomic mass is 79.9. The number of hydrogen-bond acceptors (Lipinski definition) is 1. The number of rotatable bonds is 4. The van der Waals surface area contributed by atoms with Crippen molar-refractivity contribution in [3.63, 3.8) is 0 Å². The van der Waals surface area contributed by atoms with Crippen LogP contribution in [-0.2, 0) is 0 Å². The van der Waals surface area contributed by atoms with Gasteiger partial charge in [0.1, 0.15) is 0 Å². The first-order valence-corrected chi connectivity index (χ1v) is 5.40. The highest BCUT2D eigenvalue weighted by Crippen LogP contribution is 2.21. The Hall–Kier alpha value is -0.780. The van der Waals surface area contributed by atoms with Gasteiger partial charge < -0.3 is 5.11 Å². The van der Waals surface area contributed by atoms with Crippen LogP contribution in [-0.4, -0.2) is 5.11 Å². The molecule has 1 rings (SSSR count). The lowest BCUT2D eigenvalue weighted by Crippen LogP contribution is -1.96. The zero-order valence-electron chi connectivity index (χ0n) is 7.91. The van der Waals surface area contributed by atoms with Crippen molar-refractivity contribution in [2.24, 2.45) is 0 Å². The van der Waals surface area contributed by atoms with Gasteiger partial charge in [0.15, 0.2) is 0 Å². The van der Waals surface area contributed by atoms with E-state index in [4.69, 9.17) is 6.42 Å². The Morgan fingerprint density at radius 3 is 2.93 bits per heavy atom. The van der Waals surface area contributed by atoms with Crippen molar-refractivity contribution in [3.05, 3.63) is 34.3 Å². The minimum absolute atomic E-state index is 0.402. The van der Waals surface area contributed by atoms with Crippen molar-refractivity contribution >= 4 is 15.9 Å². The molecular formula is C12H13BrO. The van der Waals surface area contributed by atoms with Gasteiger partial charge in [0.25, 0.3) is 0 Å². The van der Waals surface area contributed by atoms with Gasteiger partial charge in [-0.25, -0.2) is 0 Å². The SMILES string of the molecule is C#CCCCC(O)c1cccc(Br)c1. The highest BCUT2D eigenvalue weighted by Gasteiger charge is 2.06. The summed E-state index contributed by atoms with van der Waals surface area (Å²) in [5.41, 5.74) is 0.941. The lowest BCUT2D eigenvalue weighted by Gasteiger charge is -2.09. The summed E-state index contributed by atoms with van der Waals surface area (Å²) < 4.78 is 0.992. The van der Waals surface area contributed by atoms with Crippen molar-refractivity contribution < 1.29 is 5.11 Å². The molecule has 0 aliphatic heterocycles. The van der Waals surface area contributed by atoms with E-state index < -0.39 is 6.10 Å². The van der Waals surface area contributed by atoms with Gasteiger partial charge in [-0.1, -0.05) is 28.1 Å². The van der Waals surface area contributed by atoms with Crippen molar-refractivity contribution in [3.8, 4) is 12.3 Å². The third-order valence-electron chi connectivity index (χ3n) is 2.03. The van der Waals surface area contributed by atoms with Gasteiger partial charge in [-0.05, 0) is 30.5 Å². The van der Waals surface area contributed by atoms with Crippen LogP contribution in [0.25, 0.3) is 0 Å². The summed E-state index contributed by atoms with van der Waals surface area (Å²) in [5, 5.41) is 9.78. The number of hydrogen-bond donors (Lipinski definition) is 1. The first-order valence-electron chi connectivity index (χ1n) is 4.61. The topological polar surface area (TPSA) is 20.2 Å². The van der Waals surface area contributed by atoms with Gasteiger partial charge in [-0.2, -0.15) is 0 Å². The normalized spacial score (nSPS) is 12.1. The molecule has 0 fully saturated rings. The maximum Gasteiger partial charge on any atom is 0.0790 e. The summed E-state index contributed by atoms with van der Waals surface area (Å²) in [5.74, 6) is 2.57. The molecule has 2 heteroatoms. The molecule has 0 aliphatic rings. The molecule has 1 atom stereocenters. The van der Waals surface area contributed by atoms with Gasteiger partial charge in [0, 0.05) is 10.9 Å². The number of aliphatic hydroxyl groups is 1. The fraction of sp³-hybridized carbons (Fsp3) is 0.333. The minimum atomic E-state index is -0.402. The Bertz CT molecular complexity index is 327. The van der Waals surface area contributed by atoms with Crippen LogP contribution in [0.3, 0.4) is 0 Å². The monoisotopic (exact) mass is 252 g/mol.